The third-order valence-corrected chi connectivity index (χ3v) is 5.46. The van der Waals surface area contributed by atoms with E-state index in [4.69, 9.17) is 32.5 Å². The van der Waals surface area contributed by atoms with Crippen molar-refractivity contribution in [2.75, 3.05) is 33.3 Å². The molecule has 0 saturated carbocycles. The largest absolute Gasteiger partial charge is 0.551 e. The average Bonchev–Trinajstić information content (AvgIpc) is 2.73. The summed E-state index contributed by atoms with van der Waals surface area (Å²) in [4.78, 5) is 39.2. The molecule has 0 aromatic heterocycles. The Kier molecular flexibility index (Phi) is 10.8. The Morgan fingerprint density at radius 2 is 2.00 bits per heavy atom. The standard InChI is InChI=1S/C21H30BCl2N3O5/c1-14(2)11-18(22-31-10-4-8-27(3)9-7-20(29)32-22)26-19(28)13-25-21(30)16-12-15(23)5-6-17(16)24/h5-6,12,14,18H,4,7-11,13H2,1-3H3,(H,25,30)(H,26,28). The Morgan fingerprint density at radius 3 is 2.72 bits per heavy atom. The summed E-state index contributed by atoms with van der Waals surface area (Å²) in [6.45, 7) is 5.53. The van der Waals surface area contributed by atoms with Gasteiger partial charge in [-0.3, -0.25) is 14.4 Å². The minimum atomic E-state index is -0.893. The van der Waals surface area contributed by atoms with Gasteiger partial charge in [0.25, 0.3) is 11.9 Å². The summed E-state index contributed by atoms with van der Waals surface area (Å²) in [5, 5.41) is 5.97. The summed E-state index contributed by atoms with van der Waals surface area (Å²) in [6.07, 6.45) is 1.57. The summed E-state index contributed by atoms with van der Waals surface area (Å²) in [5.41, 5.74) is 0.181. The van der Waals surface area contributed by atoms with Crippen LogP contribution in [0, 0.1) is 5.92 Å². The van der Waals surface area contributed by atoms with Crippen LogP contribution in [0.4, 0.5) is 0 Å². The Morgan fingerprint density at radius 1 is 1.25 bits per heavy atom. The number of nitrogens with one attached hydrogen (secondary N) is 2. The lowest BCUT2D eigenvalue weighted by Crippen LogP contribution is -2.53. The fourth-order valence-corrected chi connectivity index (χ4v) is 3.66. The van der Waals surface area contributed by atoms with E-state index in [2.05, 4.69) is 10.6 Å². The minimum absolute atomic E-state index is 0.181. The van der Waals surface area contributed by atoms with Crippen LogP contribution in [-0.2, 0) is 18.9 Å². The van der Waals surface area contributed by atoms with Crippen molar-refractivity contribution in [1.82, 2.24) is 15.5 Å². The van der Waals surface area contributed by atoms with E-state index in [1.807, 2.05) is 25.8 Å². The van der Waals surface area contributed by atoms with Gasteiger partial charge in [-0.25, -0.2) is 0 Å². The van der Waals surface area contributed by atoms with Crippen LogP contribution in [-0.4, -0.2) is 69.0 Å². The third kappa shape index (κ3) is 8.98. The predicted molar refractivity (Wildman–Crippen MR) is 125 cm³/mol. The van der Waals surface area contributed by atoms with E-state index in [-0.39, 0.29) is 35.4 Å². The van der Waals surface area contributed by atoms with Crippen LogP contribution in [0.15, 0.2) is 18.2 Å². The van der Waals surface area contributed by atoms with Gasteiger partial charge in [-0.05, 0) is 50.6 Å². The van der Waals surface area contributed by atoms with Crippen molar-refractivity contribution in [1.29, 1.82) is 0 Å². The van der Waals surface area contributed by atoms with Gasteiger partial charge in [-0.1, -0.05) is 37.0 Å². The molecule has 176 valence electrons. The summed E-state index contributed by atoms with van der Waals surface area (Å²) >= 11 is 12.0. The van der Waals surface area contributed by atoms with Gasteiger partial charge in [0.05, 0.1) is 29.5 Å². The average molecular weight is 486 g/mol. The molecule has 11 heteroatoms. The number of nitrogens with zero attached hydrogens (tertiary/aromatic N) is 1. The van der Waals surface area contributed by atoms with Crippen molar-refractivity contribution in [2.45, 2.75) is 39.1 Å². The van der Waals surface area contributed by atoms with E-state index < -0.39 is 24.9 Å². The zero-order valence-electron chi connectivity index (χ0n) is 18.7. The normalized spacial score (nSPS) is 16.9. The molecule has 8 nitrogen and oxygen atoms in total. The molecule has 1 aromatic carbocycles. The van der Waals surface area contributed by atoms with Gasteiger partial charge >= 0.3 is 7.12 Å². The first-order valence-electron chi connectivity index (χ1n) is 10.7. The SMILES string of the molecule is CC(C)CC(NC(=O)CNC(=O)c1cc(Cl)ccc1Cl)B1OCCCN(C)CCC(=O)O1. The summed E-state index contributed by atoms with van der Waals surface area (Å²) in [7, 11) is 1.05. The van der Waals surface area contributed by atoms with Crippen LogP contribution < -0.4 is 10.6 Å². The molecule has 1 heterocycles. The lowest BCUT2D eigenvalue weighted by molar-refractivity contribution is -0.137. The summed E-state index contributed by atoms with van der Waals surface area (Å²) < 4.78 is 11.4. The van der Waals surface area contributed by atoms with E-state index in [9.17, 15) is 14.4 Å². The highest BCUT2D eigenvalue weighted by atomic mass is 35.5. The maximum absolute atomic E-state index is 12.6. The number of carbonyl (C=O) groups excluding carboxylic acids is 3. The molecule has 0 bridgehead atoms. The van der Waals surface area contributed by atoms with Gasteiger partial charge in [0.2, 0.25) is 5.91 Å². The monoisotopic (exact) mass is 485 g/mol. The lowest BCUT2D eigenvalue weighted by Gasteiger charge is -2.27. The maximum Gasteiger partial charge on any atom is 0.551 e. The fourth-order valence-electron chi connectivity index (χ4n) is 3.28. The van der Waals surface area contributed by atoms with Crippen molar-refractivity contribution in [3.63, 3.8) is 0 Å². The molecule has 1 aliphatic heterocycles. The van der Waals surface area contributed by atoms with Gasteiger partial charge < -0.3 is 24.8 Å². The van der Waals surface area contributed by atoms with Gasteiger partial charge in [-0.15, -0.1) is 0 Å². The van der Waals surface area contributed by atoms with E-state index in [0.29, 0.717) is 24.6 Å². The van der Waals surface area contributed by atoms with Crippen LogP contribution in [0.2, 0.25) is 10.0 Å². The highest BCUT2D eigenvalue weighted by Crippen LogP contribution is 2.20. The first-order chi connectivity index (χ1) is 15.2. The Bertz CT molecular complexity index is 812. The first-order valence-corrected chi connectivity index (χ1v) is 11.4. The molecule has 1 fully saturated rings. The molecule has 1 aromatic rings. The molecule has 0 spiro atoms. The second-order valence-corrected chi connectivity index (χ2v) is 9.09. The second-order valence-electron chi connectivity index (χ2n) is 8.25. The Labute approximate surface area is 199 Å². The smallest absolute Gasteiger partial charge is 0.508 e. The fraction of sp³-hybridized carbons (Fsp3) is 0.571. The van der Waals surface area contributed by atoms with Crippen LogP contribution in [0.5, 0.6) is 0 Å². The van der Waals surface area contributed by atoms with Crippen LogP contribution >= 0.6 is 23.2 Å². The Balaban J connectivity index is 2.00. The van der Waals surface area contributed by atoms with E-state index >= 15 is 0 Å². The molecule has 1 atom stereocenters. The Hall–Kier alpha value is -1.81. The molecule has 2 rings (SSSR count). The molecule has 0 radical (unpaired) electrons. The minimum Gasteiger partial charge on any atom is -0.508 e. The number of halogens is 2. The number of hydrogen-bond donors (Lipinski definition) is 2. The molecular formula is C21H30BCl2N3O5. The number of hydrogen-bond acceptors (Lipinski definition) is 6. The topological polar surface area (TPSA) is 97.0 Å². The highest BCUT2D eigenvalue weighted by Gasteiger charge is 2.36. The maximum atomic E-state index is 12.6. The molecule has 2 amide bonds. The molecule has 0 aliphatic carbocycles. The van der Waals surface area contributed by atoms with Gasteiger partial charge in [0, 0.05) is 18.2 Å². The summed E-state index contributed by atoms with van der Waals surface area (Å²) in [6, 6.07) is 4.52. The first kappa shape index (κ1) is 26.4. The van der Waals surface area contributed by atoms with E-state index in [0.717, 1.165) is 13.0 Å². The molecule has 1 unspecified atom stereocenters. The second kappa shape index (κ2) is 13.0. The van der Waals surface area contributed by atoms with Gasteiger partial charge in [-0.2, -0.15) is 0 Å². The number of amides is 2. The van der Waals surface area contributed by atoms with Crippen LogP contribution in [0.1, 0.15) is 43.5 Å². The zero-order chi connectivity index (χ0) is 23.7. The predicted octanol–water partition coefficient (Wildman–Crippen LogP) is 2.57. The van der Waals surface area contributed by atoms with Crippen molar-refractivity contribution in [3.05, 3.63) is 33.8 Å². The van der Waals surface area contributed by atoms with Gasteiger partial charge in [0.1, 0.15) is 0 Å². The van der Waals surface area contributed by atoms with Crippen molar-refractivity contribution >= 4 is 48.1 Å². The van der Waals surface area contributed by atoms with Crippen LogP contribution in [0.3, 0.4) is 0 Å². The third-order valence-electron chi connectivity index (χ3n) is 4.89. The highest BCUT2D eigenvalue weighted by molar-refractivity contribution is 6.49. The van der Waals surface area contributed by atoms with Crippen molar-refractivity contribution in [3.8, 4) is 0 Å². The molecule has 1 aliphatic rings. The molecular weight excluding hydrogens is 456 g/mol. The number of rotatable bonds is 7. The lowest BCUT2D eigenvalue weighted by atomic mass is 9.73. The molecule has 1 saturated heterocycles. The quantitative estimate of drug-likeness (QED) is 0.576. The number of carbonyl (C=O) groups is 3. The summed E-state index contributed by atoms with van der Waals surface area (Å²) in [5.74, 6) is -1.66. The van der Waals surface area contributed by atoms with E-state index in [1.165, 1.54) is 12.1 Å². The van der Waals surface area contributed by atoms with Crippen molar-refractivity contribution in [2.24, 2.45) is 5.92 Å². The molecule has 2 N–H and O–H groups in total. The molecule has 32 heavy (non-hydrogen) atoms. The van der Waals surface area contributed by atoms with Crippen LogP contribution in [0.25, 0.3) is 0 Å². The van der Waals surface area contributed by atoms with Gasteiger partial charge in [0.15, 0.2) is 0 Å². The number of benzene rings is 1. The van der Waals surface area contributed by atoms with Crippen molar-refractivity contribution < 1.29 is 23.7 Å². The van der Waals surface area contributed by atoms with E-state index in [1.54, 1.807) is 6.07 Å². The zero-order valence-corrected chi connectivity index (χ0v) is 20.2.